The molecule has 0 aromatic heterocycles. The van der Waals surface area contributed by atoms with Gasteiger partial charge >= 0.3 is 5.97 Å². The summed E-state index contributed by atoms with van der Waals surface area (Å²) in [5.41, 5.74) is 0.518. The van der Waals surface area contributed by atoms with Crippen LogP contribution in [0.25, 0.3) is 5.41 Å². The Labute approximate surface area is 83.2 Å². The summed E-state index contributed by atoms with van der Waals surface area (Å²) in [6.45, 7) is 2.02. The summed E-state index contributed by atoms with van der Waals surface area (Å²) in [6, 6.07) is 8.83. The van der Waals surface area contributed by atoms with E-state index in [1.165, 1.54) is 0 Å². The Balaban J connectivity index is 2.55. The van der Waals surface area contributed by atoms with E-state index in [9.17, 15) is 10.2 Å². The second-order valence-corrected chi connectivity index (χ2v) is 2.65. The van der Waals surface area contributed by atoms with Crippen LogP contribution >= 0.6 is 0 Å². The zero-order valence-electron chi connectivity index (χ0n) is 7.93. The maximum atomic E-state index is 11.0. The van der Waals surface area contributed by atoms with E-state index in [0.29, 0.717) is 12.2 Å². The van der Waals surface area contributed by atoms with E-state index < -0.39 is 5.97 Å². The molecule has 0 aliphatic carbocycles. The normalized spacial score (nSPS) is 9.21. The third kappa shape index (κ3) is 2.94. The molecule has 0 N–H and O–H groups in total. The van der Waals surface area contributed by atoms with Gasteiger partial charge in [-0.3, -0.25) is 0 Å². The Hall–Kier alpha value is -1.77. The second-order valence-electron chi connectivity index (χ2n) is 2.65. The molecule has 0 heterocycles. The summed E-state index contributed by atoms with van der Waals surface area (Å²) >= 11 is 0. The molecule has 1 rings (SSSR count). The Kier molecular flexibility index (Phi) is 3.73. The zero-order chi connectivity index (χ0) is 10.4. The van der Waals surface area contributed by atoms with Gasteiger partial charge in [0.15, 0.2) is 0 Å². The number of esters is 1. The van der Waals surface area contributed by atoms with Gasteiger partial charge in [-0.2, -0.15) is 0 Å². The van der Waals surface area contributed by atoms with Crippen LogP contribution in [0.5, 0.6) is 0 Å². The Morgan fingerprint density at radius 1 is 1.43 bits per heavy atom. The molecule has 72 valence electrons. The number of carbonyl (C=O) groups excluding carboxylic acids is 1. The van der Waals surface area contributed by atoms with E-state index in [0.717, 1.165) is 6.42 Å². The van der Waals surface area contributed by atoms with Gasteiger partial charge in [-0.1, -0.05) is 6.07 Å². The van der Waals surface area contributed by atoms with Crippen LogP contribution < -0.4 is 0 Å². The van der Waals surface area contributed by atoms with Crippen LogP contribution in [0.15, 0.2) is 30.3 Å². The highest BCUT2D eigenvalue weighted by molar-refractivity contribution is 6.20. The molecule has 0 saturated heterocycles. The quantitative estimate of drug-likeness (QED) is 0.412. The lowest BCUT2D eigenvalue weighted by atomic mass is 10.1. The van der Waals surface area contributed by atoms with E-state index in [1.54, 1.807) is 31.2 Å². The number of ether oxygens (including phenoxy) is 1. The summed E-state index contributed by atoms with van der Waals surface area (Å²) in [6.07, 6.45) is 1.07. The molecule has 0 fully saturated rings. The molecule has 14 heavy (non-hydrogen) atoms. The molecule has 0 spiro atoms. The molecule has 0 amide bonds. The van der Waals surface area contributed by atoms with Crippen molar-refractivity contribution in [1.82, 2.24) is 0 Å². The van der Waals surface area contributed by atoms with Gasteiger partial charge in [0, 0.05) is 17.8 Å². The van der Waals surface area contributed by atoms with Crippen molar-refractivity contribution in [2.45, 2.75) is 6.92 Å². The second kappa shape index (κ2) is 5.07. The number of nitrogens with zero attached hydrogens (tertiary/aromatic N) is 1. The molecule has 1 aromatic rings. The van der Waals surface area contributed by atoms with E-state index in [2.05, 4.69) is 4.74 Å². The van der Waals surface area contributed by atoms with Crippen LogP contribution in [0.3, 0.4) is 0 Å². The molecule has 0 aliphatic heterocycles. The average Bonchev–Trinajstić information content (AvgIpc) is 2.19. The first-order valence-electron chi connectivity index (χ1n) is 4.37. The number of hydrogen-bond acceptors (Lipinski definition) is 2. The molecule has 1 aromatic carbocycles. The standard InChI is InChI=1S/C11H11NO2/c1-2-14-11(13)8-10(12)9-6-4-3-5-7-9/h3-8H,2H2,1H3. The van der Waals surface area contributed by atoms with Gasteiger partial charge < -0.3 is 10.1 Å². The monoisotopic (exact) mass is 189 g/mol. The van der Waals surface area contributed by atoms with Gasteiger partial charge in [-0.25, -0.2) is 4.79 Å². The van der Waals surface area contributed by atoms with E-state index >= 15 is 0 Å². The van der Waals surface area contributed by atoms with Gasteiger partial charge in [0.05, 0.1) is 12.2 Å². The highest BCUT2D eigenvalue weighted by Gasteiger charge is 2.12. The van der Waals surface area contributed by atoms with Crippen molar-refractivity contribution in [3.63, 3.8) is 0 Å². The third-order valence-electron chi connectivity index (χ3n) is 1.61. The van der Waals surface area contributed by atoms with Crippen LogP contribution in [0.4, 0.5) is 0 Å². The number of carbonyl (C=O) groups is 1. The van der Waals surface area contributed by atoms with Crippen LogP contribution in [-0.4, -0.2) is 18.3 Å². The minimum atomic E-state index is -0.533. The molecule has 0 atom stereocenters. The van der Waals surface area contributed by atoms with Crippen LogP contribution in [0.1, 0.15) is 12.5 Å². The van der Waals surface area contributed by atoms with Gasteiger partial charge in [0.1, 0.15) is 6.42 Å². The van der Waals surface area contributed by atoms with Gasteiger partial charge in [-0.15, -0.1) is 0 Å². The molecule has 0 bridgehead atoms. The summed E-state index contributed by atoms with van der Waals surface area (Å²) < 4.78 is 4.66. The predicted molar refractivity (Wildman–Crippen MR) is 54.8 cm³/mol. The van der Waals surface area contributed by atoms with Crippen molar-refractivity contribution in [2.75, 3.05) is 6.61 Å². The zero-order valence-corrected chi connectivity index (χ0v) is 7.93. The Morgan fingerprint density at radius 3 is 2.64 bits per heavy atom. The van der Waals surface area contributed by atoms with E-state index in [4.69, 9.17) is 0 Å². The first kappa shape index (κ1) is 10.3. The van der Waals surface area contributed by atoms with Crippen LogP contribution in [-0.2, 0) is 9.53 Å². The minimum Gasteiger partial charge on any atom is -0.765 e. The fraction of sp³-hybridized carbons (Fsp3) is 0.182. The minimum absolute atomic E-state index is 0.0796. The molecule has 0 unspecified atom stereocenters. The fourth-order valence-corrected chi connectivity index (χ4v) is 0.988. The summed E-state index contributed by atoms with van der Waals surface area (Å²) in [5.74, 6) is -0.533. The van der Waals surface area contributed by atoms with Gasteiger partial charge in [0.2, 0.25) is 0 Å². The lowest BCUT2D eigenvalue weighted by Crippen LogP contribution is -2.11. The summed E-state index contributed by atoms with van der Waals surface area (Å²) in [5, 5.41) is 9.48. The largest absolute Gasteiger partial charge is 0.765 e. The van der Waals surface area contributed by atoms with E-state index in [-0.39, 0.29) is 5.71 Å². The fourth-order valence-electron chi connectivity index (χ4n) is 0.988. The molecular weight excluding hydrogens is 178 g/mol. The summed E-state index contributed by atoms with van der Waals surface area (Å²) in [7, 11) is 0. The van der Waals surface area contributed by atoms with Crippen molar-refractivity contribution >= 4 is 11.7 Å². The van der Waals surface area contributed by atoms with Crippen LogP contribution in [0, 0.1) is 6.42 Å². The topological polar surface area (TPSA) is 48.6 Å². The van der Waals surface area contributed by atoms with Crippen molar-refractivity contribution in [1.29, 1.82) is 0 Å². The van der Waals surface area contributed by atoms with Crippen molar-refractivity contribution in [2.24, 2.45) is 0 Å². The third-order valence-corrected chi connectivity index (χ3v) is 1.61. The number of rotatable bonds is 4. The maximum absolute atomic E-state index is 11.0. The molecule has 0 radical (unpaired) electrons. The van der Waals surface area contributed by atoms with Crippen molar-refractivity contribution in [3.8, 4) is 0 Å². The lowest BCUT2D eigenvalue weighted by Gasteiger charge is -2.01. The first-order valence-corrected chi connectivity index (χ1v) is 4.37. The highest BCUT2D eigenvalue weighted by atomic mass is 16.5. The van der Waals surface area contributed by atoms with Crippen LogP contribution in [0.2, 0.25) is 0 Å². The van der Waals surface area contributed by atoms with Crippen molar-refractivity contribution in [3.05, 3.63) is 47.7 Å². The van der Waals surface area contributed by atoms with E-state index in [1.807, 2.05) is 6.07 Å². The first-order chi connectivity index (χ1) is 6.74. The average molecular weight is 189 g/mol. The lowest BCUT2D eigenvalue weighted by molar-refractivity contribution is -0.138. The van der Waals surface area contributed by atoms with Gasteiger partial charge in [-0.05, 0) is 19.1 Å². The molecule has 0 saturated carbocycles. The predicted octanol–water partition coefficient (Wildman–Crippen LogP) is 1.81. The molecule has 3 heteroatoms. The Morgan fingerprint density at radius 2 is 2.07 bits per heavy atom. The number of hydrogen-bond donors (Lipinski definition) is 0. The maximum Gasteiger partial charge on any atom is 0.414 e. The number of benzene rings is 1. The molecule has 3 nitrogen and oxygen atoms in total. The SMILES string of the molecule is CCOC(=O)[CH+]C(=[N-])c1ccccc1. The molecule has 0 aliphatic rings. The summed E-state index contributed by atoms with van der Waals surface area (Å²) in [4.78, 5) is 11.0. The molecular formula is C11H11NO2. The van der Waals surface area contributed by atoms with Gasteiger partial charge in [0.25, 0.3) is 0 Å². The Bertz CT molecular complexity index is 319. The van der Waals surface area contributed by atoms with Crippen molar-refractivity contribution < 1.29 is 9.53 Å². The smallest absolute Gasteiger partial charge is 0.414 e. The highest BCUT2D eigenvalue weighted by Crippen LogP contribution is 2.03.